The van der Waals surface area contributed by atoms with E-state index in [2.05, 4.69) is 35.3 Å². The molecule has 94 valence electrons. The van der Waals surface area contributed by atoms with Gasteiger partial charge in [0.05, 0.1) is 23.9 Å². The third kappa shape index (κ3) is 3.35. The molecule has 0 radical (unpaired) electrons. The van der Waals surface area contributed by atoms with E-state index in [-0.39, 0.29) is 0 Å². The number of anilines is 1. The van der Waals surface area contributed by atoms with Crippen LogP contribution in [0.15, 0.2) is 18.2 Å². The Bertz CT molecular complexity index is 364. The second-order valence-electron chi connectivity index (χ2n) is 4.17. The molecule has 0 saturated carbocycles. The lowest BCUT2D eigenvalue weighted by atomic mass is 10.2. The minimum Gasteiger partial charge on any atom is -0.378 e. The third-order valence-corrected chi connectivity index (χ3v) is 3.25. The summed E-state index contributed by atoms with van der Waals surface area (Å²) in [5, 5.41) is 4.13. The number of nitrogens with zero attached hydrogens (tertiary/aromatic N) is 1. The summed E-state index contributed by atoms with van der Waals surface area (Å²) in [5.41, 5.74) is 2.35. The van der Waals surface area contributed by atoms with E-state index in [1.807, 2.05) is 0 Å². The summed E-state index contributed by atoms with van der Waals surface area (Å²) >= 11 is 6.33. The van der Waals surface area contributed by atoms with E-state index in [1.165, 1.54) is 5.56 Å². The molecule has 1 aliphatic rings. The first-order chi connectivity index (χ1) is 8.31. The first kappa shape index (κ1) is 12.7. The highest BCUT2D eigenvalue weighted by atomic mass is 35.5. The van der Waals surface area contributed by atoms with Crippen molar-refractivity contribution in [2.24, 2.45) is 0 Å². The van der Waals surface area contributed by atoms with Crippen LogP contribution in [0.25, 0.3) is 0 Å². The first-order valence-corrected chi connectivity index (χ1v) is 6.51. The van der Waals surface area contributed by atoms with Gasteiger partial charge in [-0.1, -0.05) is 24.6 Å². The Morgan fingerprint density at radius 1 is 1.35 bits per heavy atom. The van der Waals surface area contributed by atoms with Gasteiger partial charge >= 0.3 is 0 Å². The Morgan fingerprint density at radius 3 is 2.76 bits per heavy atom. The maximum absolute atomic E-state index is 6.33. The summed E-state index contributed by atoms with van der Waals surface area (Å²) in [6.07, 6.45) is 0. The van der Waals surface area contributed by atoms with E-state index < -0.39 is 0 Å². The molecule has 1 aliphatic heterocycles. The maximum atomic E-state index is 6.33. The van der Waals surface area contributed by atoms with Crippen molar-refractivity contribution in [3.05, 3.63) is 28.8 Å². The number of hydrogen-bond donors (Lipinski definition) is 1. The highest BCUT2D eigenvalue weighted by Crippen LogP contribution is 2.27. The molecule has 17 heavy (non-hydrogen) atoms. The number of benzene rings is 1. The Morgan fingerprint density at radius 2 is 2.12 bits per heavy atom. The summed E-state index contributed by atoms with van der Waals surface area (Å²) < 4.78 is 5.34. The highest BCUT2D eigenvalue weighted by molar-refractivity contribution is 6.33. The molecule has 1 heterocycles. The van der Waals surface area contributed by atoms with Crippen molar-refractivity contribution < 1.29 is 4.74 Å². The molecule has 0 spiro atoms. The molecule has 1 N–H and O–H groups in total. The van der Waals surface area contributed by atoms with Crippen LogP contribution < -0.4 is 10.2 Å². The van der Waals surface area contributed by atoms with Crippen LogP contribution in [-0.2, 0) is 11.3 Å². The Balaban J connectivity index is 2.07. The monoisotopic (exact) mass is 254 g/mol. The van der Waals surface area contributed by atoms with Crippen LogP contribution in [0, 0.1) is 0 Å². The minimum absolute atomic E-state index is 0.787. The fraction of sp³-hybridized carbons (Fsp3) is 0.538. The van der Waals surface area contributed by atoms with Gasteiger partial charge in [-0.15, -0.1) is 0 Å². The van der Waals surface area contributed by atoms with Gasteiger partial charge in [0.1, 0.15) is 0 Å². The standard InChI is InChI=1S/C13H19ClN2O/c1-2-15-10-11-3-4-13(12(14)9-11)16-5-7-17-8-6-16/h3-4,9,15H,2,5-8,10H2,1H3. The minimum atomic E-state index is 0.787. The van der Waals surface area contributed by atoms with Crippen molar-refractivity contribution in [3.63, 3.8) is 0 Å². The molecule has 0 atom stereocenters. The average molecular weight is 255 g/mol. The highest BCUT2D eigenvalue weighted by Gasteiger charge is 2.14. The predicted molar refractivity (Wildman–Crippen MR) is 71.9 cm³/mol. The molecule has 0 aliphatic carbocycles. The Labute approximate surface area is 108 Å². The van der Waals surface area contributed by atoms with Gasteiger partial charge in [0.25, 0.3) is 0 Å². The summed E-state index contributed by atoms with van der Waals surface area (Å²) in [6, 6.07) is 6.30. The number of nitrogens with one attached hydrogen (secondary N) is 1. The molecular formula is C13H19ClN2O. The lowest BCUT2D eigenvalue weighted by Crippen LogP contribution is -2.36. The second-order valence-corrected chi connectivity index (χ2v) is 4.57. The topological polar surface area (TPSA) is 24.5 Å². The van der Waals surface area contributed by atoms with E-state index in [0.29, 0.717) is 0 Å². The van der Waals surface area contributed by atoms with E-state index in [0.717, 1.165) is 50.1 Å². The second kappa shape index (κ2) is 6.24. The molecule has 0 bridgehead atoms. The average Bonchev–Trinajstić information content (AvgIpc) is 2.37. The predicted octanol–water partition coefficient (Wildman–Crippen LogP) is 2.29. The normalized spacial score (nSPS) is 16.2. The number of ether oxygens (including phenoxy) is 1. The fourth-order valence-electron chi connectivity index (χ4n) is 1.99. The summed E-state index contributed by atoms with van der Waals surface area (Å²) in [5.74, 6) is 0. The molecule has 0 unspecified atom stereocenters. The molecular weight excluding hydrogens is 236 g/mol. The molecule has 2 rings (SSSR count). The fourth-order valence-corrected chi connectivity index (χ4v) is 2.31. The Hall–Kier alpha value is -0.770. The number of hydrogen-bond acceptors (Lipinski definition) is 3. The largest absolute Gasteiger partial charge is 0.378 e. The smallest absolute Gasteiger partial charge is 0.0642 e. The lowest BCUT2D eigenvalue weighted by molar-refractivity contribution is 0.122. The number of rotatable bonds is 4. The molecule has 1 aromatic carbocycles. The zero-order chi connectivity index (χ0) is 12.1. The Kier molecular flexibility index (Phi) is 4.66. The van der Waals surface area contributed by atoms with Gasteiger partial charge in [0.2, 0.25) is 0 Å². The molecule has 4 heteroatoms. The molecule has 1 aromatic rings. The van der Waals surface area contributed by atoms with Crippen molar-refractivity contribution in [2.45, 2.75) is 13.5 Å². The van der Waals surface area contributed by atoms with Gasteiger partial charge in [0.15, 0.2) is 0 Å². The summed E-state index contributed by atoms with van der Waals surface area (Å²) in [6.45, 7) is 7.37. The van der Waals surface area contributed by atoms with E-state index in [9.17, 15) is 0 Å². The van der Waals surface area contributed by atoms with Crippen LogP contribution in [0.2, 0.25) is 5.02 Å². The van der Waals surface area contributed by atoms with Crippen LogP contribution in [0.5, 0.6) is 0 Å². The van der Waals surface area contributed by atoms with Crippen molar-refractivity contribution in [1.29, 1.82) is 0 Å². The molecule has 1 fully saturated rings. The van der Waals surface area contributed by atoms with E-state index >= 15 is 0 Å². The molecule has 0 amide bonds. The van der Waals surface area contributed by atoms with E-state index in [4.69, 9.17) is 16.3 Å². The quantitative estimate of drug-likeness (QED) is 0.892. The number of morpholine rings is 1. The lowest BCUT2D eigenvalue weighted by Gasteiger charge is -2.29. The molecule has 1 saturated heterocycles. The van der Waals surface area contributed by atoms with Crippen molar-refractivity contribution in [1.82, 2.24) is 5.32 Å². The van der Waals surface area contributed by atoms with Crippen LogP contribution >= 0.6 is 11.6 Å². The molecule has 0 aromatic heterocycles. The summed E-state index contributed by atoms with van der Waals surface area (Å²) in [7, 11) is 0. The first-order valence-electron chi connectivity index (χ1n) is 6.13. The van der Waals surface area contributed by atoms with Gasteiger partial charge in [-0.2, -0.15) is 0 Å². The third-order valence-electron chi connectivity index (χ3n) is 2.94. The summed E-state index contributed by atoms with van der Waals surface area (Å²) in [4.78, 5) is 2.28. The van der Waals surface area contributed by atoms with Gasteiger partial charge in [-0.05, 0) is 24.2 Å². The number of halogens is 1. The van der Waals surface area contributed by atoms with Crippen LogP contribution in [-0.4, -0.2) is 32.8 Å². The van der Waals surface area contributed by atoms with Crippen LogP contribution in [0.4, 0.5) is 5.69 Å². The van der Waals surface area contributed by atoms with Crippen LogP contribution in [0.3, 0.4) is 0 Å². The SMILES string of the molecule is CCNCc1ccc(N2CCOCC2)c(Cl)c1. The van der Waals surface area contributed by atoms with Crippen LogP contribution in [0.1, 0.15) is 12.5 Å². The van der Waals surface area contributed by atoms with Crippen molar-refractivity contribution in [2.75, 3.05) is 37.7 Å². The zero-order valence-corrected chi connectivity index (χ0v) is 11.0. The van der Waals surface area contributed by atoms with Gasteiger partial charge in [0, 0.05) is 19.6 Å². The van der Waals surface area contributed by atoms with Crippen molar-refractivity contribution in [3.8, 4) is 0 Å². The van der Waals surface area contributed by atoms with Gasteiger partial charge in [-0.3, -0.25) is 0 Å². The molecule has 3 nitrogen and oxygen atoms in total. The van der Waals surface area contributed by atoms with Gasteiger partial charge in [-0.25, -0.2) is 0 Å². The van der Waals surface area contributed by atoms with Gasteiger partial charge < -0.3 is 15.0 Å². The zero-order valence-electron chi connectivity index (χ0n) is 10.2. The maximum Gasteiger partial charge on any atom is 0.0642 e. The van der Waals surface area contributed by atoms with E-state index in [1.54, 1.807) is 0 Å². The van der Waals surface area contributed by atoms with Crippen molar-refractivity contribution >= 4 is 17.3 Å².